The van der Waals surface area contributed by atoms with E-state index in [0.29, 0.717) is 16.9 Å². The molecule has 1 rings (SSSR count). The summed E-state index contributed by atoms with van der Waals surface area (Å²) in [4.78, 5) is 23.5. The third-order valence-electron chi connectivity index (χ3n) is 2.35. The number of methoxy groups -OCH3 is 1. The van der Waals surface area contributed by atoms with E-state index >= 15 is 0 Å². The summed E-state index contributed by atoms with van der Waals surface area (Å²) in [5, 5.41) is 2.36. The predicted octanol–water partition coefficient (Wildman–Crippen LogP) is 1.89. The summed E-state index contributed by atoms with van der Waals surface area (Å²) in [6.45, 7) is 5.14. The second-order valence-electron chi connectivity index (χ2n) is 5.61. The molecule has 0 spiro atoms. The number of alkyl carbamates (subject to hydrolysis) is 1. The van der Waals surface area contributed by atoms with Crippen molar-refractivity contribution in [3.8, 4) is 0 Å². The van der Waals surface area contributed by atoms with Crippen LogP contribution >= 0.6 is 0 Å². The Morgan fingerprint density at radius 1 is 1.14 bits per heavy atom. The highest BCUT2D eigenvalue weighted by Gasteiger charge is 2.20. The number of esters is 1. The zero-order valence-corrected chi connectivity index (χ0v) is 13.1. The van der Waals surface area contributed by atoms with E-state index in [9.17, 15) is 9.59 Å². The first-order valence-electron chi connectivity index (χ1n) is 6.57. The van der Waals surface area contributed by atoms with Crippen LogP contribution in [-0.4, -0.2) is 24.8 Å². The fourth-order valence-electron chi connectivity index (χ4n) is 1.62. The van der Waals surface area contributed by atoms with E-state index in [1.165, 1.54) is 13.2 Å². The van der Waals surface area contributed by atoms with E-state index < -0.39 is 17.7 Å². The van der Waals surface area contributed by atoms with Gasteiger partial charge in [0.2, 0.25) is 0 Å². The van der Waals surface area contributed by atoms with Crippen molar-refractivity contribution >= 4 is 29.5 Å². The van der Waals surface area contributed by atoms with Crippen molar-refractivity contribution < 1.29 is 19.1 Å². The van der Waals surface area contributed by atoms with Gasteiger partial charge in [-0.15, -0.1) is 0 Å². The Morgan fingerprint density at radius 3 is 2.14 bits per heavy atom. The van der Waals surface area contributed by atoms with Crippen molar-refractivity contribution in [3.05, 3.63) is 29.5 Å². The summed E-state index contributed by atoms with van der Waals surface area (Å²) in [7, 11) is 1.21. The zero-order valence-electron chi connectivity index (χ0n) is 13.1. The van der Waals surface area contributed by atoms with E-state index in [0.717, 1.165) is 0 Å². The first-order chi connectivity index (χ1) is 10.1. The van der Waals surface area contributed by atoms with E-state index in [2.05, 4.69) is 10.1 Å². The van der Waals surface area contributed by atoms with Crippen LogP contribution in [0.15, 0.2) is 23.9 Å². The molecule has 0 saturated carbocycles. The highest BCUT2D eigenvalue weighted by molar-refractivity contribution is 5.97. The lowest BCUT2D eigenvalue weighted by Crippen LogP contribution is -2.34. The molecule has 0 radical (unpaired) electrons. The second kappa shape index (κ2) is 6.84. The van der Waals surface area contributed by atoms with Gasteiger partial charge in [-0.25, -0.2) is 9.59 Å². The van der Waals surface area contributed by atoms with Crippen molar-refractivity contribution in [2.75, 3.05) is 18.6 Å². The third kappa shape index (κ3) is 5.74. The number of rotatable bonds is 3. The van der Waals surface area contributed by atoms with Gasteiger partial charge >= 0.3 is 12.1 Å². The Morgan fingerprint density at radius 2 is 1.68 bits per heavy atom. The van der Waals surface area contributed by atoms with Crippen LogP contribution in [0, 0.1) is 0 Å². The van der Waals surface area contributed by atoms with Crippen LogP contribution in [0.1, 0.15) is 26.3 Å². The Bertz CT molecular complexity index is 583. The van der Waals surface area contributed by atoms with Gasteiger partial charge in [0.15, 0.2) is 0 Å². The molecule has 0 atom stereocenters. The summed E-state index contributed by atoms with van der Waals surface area (Å²) in [6, 6.07) is 4.79. The average molecular weight is 307 g/mol. The van der Waals surface area contributed by atoms with Crippen molar-refractivity contribution in [1.29, 1.82) is 0 Å². The summed E-state index contributed by atoms with van der Waals surface area (Å²) >= 11 is 0. The molecule has 1 amide bonds. The number of anilines is 2. The fraction of sp³-hybridized carbons (Fsp3) is 0.333. The predicted molar refractivity (Wildman–Crippen MR) is 84.6 cm³/mol. The smallest absolute Gasteiger partial charge is 0.412 e. The average Bonchev–Trinajstić information content (AvgIpc) is 2.33. The Hall–Kier alpha value is -2.70. The van der Waals surface area contributed by atoms with Crippen molar-refractivity contribution in [1.82, 2.24) is 5.32 Å². The molecule has 0 unspecified atom stereocenters. The third-order valence-corrected chi connectivity index (χ3v) is 2.35. The first kappa shape index (κ1) is 17.4. The minimum Gasteiger partial charge on any atom is -0.464 e. The molecule has 0 bridgehead atoms. The number of benzene rings is 1. The Balaban J connectivity index is 3.05. The van der Waals surface area contributed by atoms with Gasteiger partial charge in [0.25, 0.3) is 0 Å². The topological polar surface area (TPSA) is 117 Å². The SMILES string of the molecule is COC(=O)/C(=C\c1cc(N)cc(N)c1)NC(=O)OC(C)(C)C. The molecule has 5 N–H and O–H groups in total. The molecule has 0 aliphatic rings. The normalized spacial score (nSPS) is 11.7. The van der Waals surface area contributed by atoms with Crippen LogP contribution < -0.4 is 16.8 Å². The molecule has 22 heavy (non-hydrogen) atoms. The van der Waals surface area contributed by atoms with Crippen LogP contribution in [-0.2, 0) is 14.3 Å². The van der Waals surface area contributed by atoms with Gasteiger partial charge in [0.05, 0.1) is 7.11 Å². The molecule has 7 heteroatoms. The summed E-state index contributed by atoms with van der Waals surface area (Å²) in [6.07, 6.45) is 0.642. The van der Waals surface area contributed by atoms with E-state index in [-0.39, 0.29) is 5.70 Å². The number of amides is 1. The number of nitrogens with one attached hydrogen (secondary N) is 1. The fourth-order valence-corrected chi connectivity index (χ4v) is 1.62. The molecule has 0 aromatic heterocycles. The lowest BCUT2D eigenvalue weighted by Gasteiger charge is -2.20. The molecule has 0 aliphatic carbocycles. The highest BCUT2D eigenvalue weighted by atomic mass is 16.6. The lowest BCUT2D eigenvalue weighted by atomic mass is 10.1. The second-order valence-corrected chi connectivity index (χ2v) is 5.61. The molecular weight excluding hydrogens is 286 g/mol. The van der Waals surface area contributed by atoms with Gasteiger partial charge in [-0.1, -0.05) is 0 Å². The van der Waals surface area contributed by atoms with Gasteiger partial charge < -0.3 is 20.9 Å². The molecule has 0 aliphatic heterocycles. The standard InChI is InChI=1S/C15H21N3O4/c1-15(2,3)22-14(20)18-12(13(19)21-4)7-9-5-10(16)8-11(17)6-9/h5-8H,16-17H2,1-4H3,(H,18,20)/b12-7+. The number of carbonyl (C=O) groups is 2. The molecule has 0 fully saturated rings. The molecular formula is C15H21N3O4. The summed E-state index contributed by atoms with van der Waals surface area (Å²) in [5.41, 5.74) is 12.0. The number of hydrogen-bond donors (Lipinski definition) is 3. The van der Waals surface area contributed by atoms with Crippen LogP contribution in [0.2, 0.25) is 0 Å². The number of ether oxygens (including phenoxy) is 2. The van der Waals surface area contributed by atoms with Crippen LogP contribution in [0.4, 0.5) is 16.2 Å². The van der Waals surface area contributed by atoms with Gasteiger partial charge in [0, 0.05) is 11.4 Å². The molecule has 1 aromatic rings. The monoisotopic (exact) mass is 307 g/mol. The van der Waals surface area contributed by atoms with E-state index in [4.69, 9.17) is 16.2 Å². The van der Waals surface area contributed by atoms with Crippen LogP contribution in [0.25, 0.3) is 6.08 Å². The van der Waals surface area contributed by atoms with Gasteiger partial charge in [-0.3, -0.25) is 5.32 Å². The first-order valence-corrected chi connectivity index (χ1v) is 6.57. The molecule has 0 heterocycles. The molecule has 120 valence electrons. The van der Waals surface area contributed by atoms with Crippen LogP contribution in [0.3, 0.4) is 0 Å². The van der Waals surface area contributed by atoms with Crippen LogP contribution in [0.5, 0.6) is 0 Å². The van der Waals surface area contributed by atoms with Crippen molar-refractivity contribution in [3.63, 3.8) is 0 Å². The molecule has 1 aromatic carbocycles. The van der Waals surface area contributed by atoms with Gasteiger partial charge in [0.1, 0.15) is 11.3 Å². The van der Waals surface area contributed by atoms with Crippen molar-refractivity contribution in [2.24, 2.45) is 0 Å². The molecule has 7 nitrogen and oxygen atoms in total. The summed E-state index contributed by atoms with van der Waals surface area (Å²) in [5.74, 6) is -0.716. The number of hydrogen-bond acceptors (Lipinski definition) is 6. The van der Waals surface area contributed by atoms with Gasteiger partial charge in [-0.05, 0) is 50.6 Å². The minimum absolute atomic E-state index is 0.0817. The Kier molecular flexibility index (Phi) is 5.39. The minimum atomic E-state index is -0.763. The molecule has 0 saturated heterocycles. The maximum Gasteiger partial charge on any atom is 0.412 e. The number of nitrogens with two attached hydrogens (primary N) is 2. The van der Waals surface area contributed by atoms with Gasteiger partial charge in [-0.2, -0.15) is 0 Å². The number of nitrogen functional groups attached to an aromatic ring is 2. The number of carbonyl (C=O) groups excluding carboxylic acids is 2. The Labute approximate surface area is 129 Å². The maximum absolute atomic E-state index is 11.8. The maximum atomic E-state index is 11.8. The lowest BCUT2D eigenvalue weighted by molar-refractivity contribution is -0.136. The van der Waals surface area contributed by atoms with E-state index in [1.807, 2.05) is 0 Å². The zero-order chi connectivity index (χ0) is 16.9. The highest BCUT2D eigenvalue weighted by Crippen LogP contribution is 2.16. The summed E-state index contributed by atoms with van der Waals surface area (Å²) < 4.78 is 9.74. The quantitative estimate of drug-likeness (QED) is 0.446. The van der Waals surface area contributed by atoms with Crippen molar-refractivity contribution in [2.45, 2.75) is 26.4 Å². The van der Waals surface area contributed by atoms with E-state index in [1.54, 1.807) is 39.0 Å². The largest absolute Gasteiger partial charge is 0.464 e.